The van der Waals surface area contributed by atoms with E-state index in [2.05, 4.69) is 39.3 Å². The van der Waals surface area contributed by atoms with Gasteiger partial charge in [0.25, 0.3) is 0 Å². The summed E-state index contributed by atoms with van der Waals surface area (Å²) in [5, 5.41) is 0. The molecule has 0 aromatic heterocycles. The molecule has 0 aromatic carbocycles. The van der Waals surface area contributed by atoms with Crippen molar-refractivity contribution in [2.75, 3.05) is 0 Å². The Bertz CT molecular complexity index is 256. The van der Waals surface area contributed by atoms with Crippen LogP contribution in [-0.2, 0) is 27.5 Å². The standard InChI is InChI=1S/C6H18O2Si2.C4H12O4Si2.CH4/c1-9(2,3)7-8-10(4,5)6;1-9(2)5-7-10(3,4)8-6-9;/h1-6H3;1-4H3;1H4. The quantitative estimate of drug-likeness (QED) is 0.410. The first-order valence-electron chi connectivity index (χ1n) is 6.72. The van der Waals surface area contributed by atoms with Crippen molar-refractivity contribution in [3.8, 4) is 0 Å². The van der Waals surface area contributed by atoms with Crippen LogP contribution in [-0.4, -0.2) is 33.8 Å². The summed E-state index contributed by atoms with van der Waals surface area (Å²) in [6, 6.07) is 0. The van der Waals surface area contributed by atoms with Gasteiger partial charge in [-0.05, 0) is 65.5 Å². The molecule has 1 saturated heterocycles. The van der Waals surface area contributed by atoms with Crippen LogP contribution in [0.25, 0.3) is 0 Å². The number of rotatable bonds is 3. The number of hydrogen-bond acceptors (Lipinski definition) is 6. The zero-order valence-corrected chi connectivity index (χ0v) is 18.4. The summed E-state index contributed by atoms with van der Waals surface area (Å²) in [5.74, 6) is 0. The van der Waals surface area contributed by atoms with Crippen LogP contribution in [0.3, 0.4) is 0 Å². The smallest absolute Gasteiger partial charge is 0.298 e. The SMILES string of the molecule is C.C[Si](C)(C)OO[Si](C)(C)C.C[Si]1(C)OO[Si](C)(C)OO1. The average Bonchev–Trinajstić information content (AvgIpc) is 2.20. The molecule has 0 radical (unpaired) electrons. The van der Waals surface area contributed by atoms with Crippen LogP contribution in [0.2, 0.25) is 65.5 Å². The Morgan fingerprint density at radius 3 is 0.905 bits per heavy atom. The Kier molecular flexibility index (Phi) is 9.64. The molecular formula is C11H34O6Si4. The first-order valence-corrected chi connectivity index (χ1v) is 19.2. The highest BCUT2D eigenvalue weighted by molar-refractivity contribution is 6.72. The van der Waals surface area contributed by atoms with Crippen LogP contribution < -0.4 is 0 Å². The summed E-state index contributed by atoms with van der Waals surface area (Å²) in [6.07, 6.45) is 0. The lowest BCUT2D eigenvalue weighted by molar-refractivity contribution is -0.287. The summed E-state index contributed by atoms with van der Waals surface area (Å²) in [6.45, 7) is 20.1. The van der Waals surface area contributed by atoms with E-state index in [-0.39, 0.29) is 7.43 Å². The topological polar surface area (TPSA) is 55.4 Å². The van der Waals surface area contributed by atoms with Crippen LogP contribution in [0.15, 0.2) is 0 Å². The molecule has 21 heavy (non-hydrogen) atoms. The highest BCUT2D eigenvalue weighted by Crippen LogP contribution is 2.21. The second kappa shape index (κ2) is 8.47. The molecule has 0 aliphatic carbocycles. The second-order valence-electron chi connectivity index (χ2n) is 7.52. The Hall–Kier alpha value is 0.628. The Morgan fingerprint density at radius 1 is 0.571 bits per heavy atom. The van der Waals surface area contributed by atoms with Gasteiger partial charge < -0.3 is 0 Å². The van der Waals surface area contributed by atoms with Gasteiger partial charge in [-0.25, -0.2) is 0 Å². The maximum Gasteiger partial charge on any atom is 0.400 e. The van der Waals surface area contributed by atoms with Crippen molar-refractivity contribution in [2.24, 2.45) is 0 Å². The molecule has 0 aromatic rings. The van der Waals surface area contributed by atoms with Crippen LogP contribution in [0.5, 0.6) is 0 Å². The molecule has 0 amide bonds. The predicted octanol–water partition coefficient (Wildman–Crippen LogP) is 4.54. The number of hydrogen-bond donors (Lipinski definition) is 0. The first-order chi connectivity index (χ1) is 8.62. The molecule has 1 heterocycles. The minimum absolute atomic E-state index is 0. The van der Waals surface area contributed by atoms with E-state index in [1.165, 1.54) is 0 Å². The van der Waals surface area contributed by atoms with Crippen molar-refractivity contribution in [1.82, 2.24) is 0 Å². The lowest BCUT2D eigenvalue weighted by Gasteiger charge is -2.33. The minimum Gasteiger partial charge on any atom is -0.298 e. The van der Waals surface area contributed by atoms with E-state index in [4.69, 9.17) is 27.5 Å². The molecule has 130 valence electrons. The van der Waals surface area contributed by atoms with Crippen molar-refractivity contribution < 1.29 is 27.5 Å². The third kappa shape index (κ3) is 15.3. The zero-order valence-electron chi connectivity index (χ0n) is 14.4. The van der Waals surface area contributed by atoms with Crippen LogP contribution >= 0.6 is 0 Å². The highest BCUT2D eigenvalue weighted by Gasteiger charge is 2.42. The van der Waals surface area contributed by atoms with Gasteiger partial charge >= 0.3 is 17.1 Å². The fraction of sp³-hybridized carbons (Fsp3) is 1.00. The molecule has 1 aliphatic heterocycles. The fourth-order valence-electron chi connectivity index (χ4n) is 0.679. The Labute approximate surface area is 134 Å². The summed E-state index contributed by atoms with van der Waals surface area (Å²) in [7, 11) is -7.09. The molecule has 0 saturated carbocycles. The maximum absolute atomic E-state index is 5.29. The van der Waals surface area contributed by atoms with Crippen LogP contribution in [0.4, 0.5) is 0 Å². The van der Waals surface area contributed by atoms with E-state index in [9.17, 15) is 0 Å². The normalized spacial score (nSPS) is 20.9. The summed E-state index contributed by atoms with van der Waals surface area (Å²) in [5.41, 5.74) is 0. The fourth-order valence-corrected chi connectivity index (χ4v) is 5.95. The Balaban J connectivity index is 0. The van der Waals surface area contributed by atoms with Gasteiger partial charge in [0.05, 0.1) is 0 Å². The van der Waals surface area contributed by atoms with Gasteiger partial charge in [-0.2, -0.15) is 0 Å². The van der Waals surface area contributed by atoms with Gasteiger partial charge in [0.15, 0.2) is 0 Å². The lowest BCUT2D eigenvalue weighted by atomic mass is 11.8. The molecule has 1 fully saturated rings. The molecule has 6 nitrogen and oxygen atoms in total. The van der Waals surface area contributed by atoms with E-state index in [1.54, 1.807) is 0 Å². The summed E-state index contributed by atoms with van der Waals surface area (Å²) < 4.78 is 30.7. The van der Waals surface area contributed by atoms with Gasteiger partial charge in [0.1, 0.15) is 0 Å². The maximum atomic E-state index is 5.29. The minimum atomic E-state index is -2.09. The predicted molar refractivity (Wildman–Crippen MR) is 94.9 cm³/mol. The molecule has 0 N–H and O–H groups in total. The van der Waals surface area contributed by atoms with E-state index < -0.39 is 33.8 Å². The van der Waals surface area contributed by atoms with Crippen molar-refractivity contribution in [2.45, 2.75) is 72.9 Å². The van der Waals surface area contributed by atoms with E-state index in [0.717, 1.165) is 0 Å². The average molecular weight is 375 g/mol. The van der Waals surface area contributed by atoms with E-state index in [0.29, 0.717) is 0 Å². The van der Waals surface area contributed by atoms with Gasteiger partial charge in [-0.15, -0.1) is 0 Å². The molecular weight excluding hydrogens is 340 g/mol. The Morgan fingerprint density at radius 2 is 0.762 bits per heavy atom. The largest absolute Gasteiger partial charge is 0.400 e. The van der Waals surface area contributed by atoms with Crippen LogP contribution in [0, 0.1) is 0 Å². The van der Waals surface area contributed by atoms with Crippen molar-refractivity contribution in [1.29, 1.82) is 0 Å². The van der Waals surface area contributed by atoms with E-state index >= 15 is 0 Å². The highest BCUT2D eigenvalue weighted by atomic mass is 28.4. The van der Waals surface area contributed by atoms with Gasteiger partial charge in [0, 0.05) is 0 Å². The lowest BCUT2D eigenvalue weighted by Crippen LogP contribution is -2.51. The van der Waals surface area contributed by atoms with Crippen molar-refractivity contribution >= 4 is 33.8 Å². The molecule has 1 aliphatic rings. The third-order valence-corrected chi connectivity index (χ3v) is 5.03. The first kappa shape index (κ1) is 23.9. The van der Waals surface area contributed by atoms with Crippen molar-refractivity contribution in [3.63, 3.8) is 0 Å². The molecule has 0 unspecified atom stereocenters. The molecule has 0 atom stereocenters. The van der Waals surface area contributed by atoms with Gasteiger partial charge in [-0.3, -0.25) is 27.5 Å². The molecule has 0 spiro atoms. The molecule has 10 heteroatoms. The molecule has 0 bridgehead atoms. The van der Waals surface area contributed by atoms with Crippen LogP contribution in [0.1, 0.15) is 7.43 Å². The van der Waals surface area contributed by atoms with E-state index in [1.807, 2.05) is 26.2 Å². The summed E-state index contributed by atoms with van der Waals surface area (Å²) >= 11 is 0. The van der Waals surface area contributed by atoms with Gasteiger partial charge in [-0.1, -0.05) is 7.43 Å². The second-order valence-corrected chi connectivity index (χ2v) is 22.6. The van der Waals surface area contributed by atoms with Crippen molar-refractivity contribution in [3.05, 3.63) is 0 Å². The molecule has 1 rings (SSSR count). The summed E-state index contributed by atoms with van der Waals surface area (Å²) in [4.78, 5) is 0. The van der Waals surface area contributed by atoms with Gasteiger partial charge in [0.2, 0.25) is 16.6 Å². The monoisotopic (exact) mass is 374 g/mol. The third-order valence-electron chi connectivity index (χ3n) is 1.43. The zero-order chi connectivity index (χ0) is 16.2.